The maximum Gasteiger partial charge on any atom is 0.268 e. The van der Waals surface area contributed by atoms with Crippen LogP contribution in [-0.4, -0.2) is 24.0 Å². The maximum atomic E-state index is 12.8. The molecule has 0 saturated heterocycles. The van der Waals surface area contributed by atoms with Gasteiger partial charge in [-0.15, -0.1) is 0 Å². The highest BCUT2D eigenvalue weighted by Crippen LogP contribution is 2.35. The van der Waals surface area contributed by atoms with Crippen molar-refractivity contribution in [3.63, 3.8) is 0 Å². The summed E-state index contributed by atoms with van der Waals surface area (Å²) < 4.78 is 23.7. The smallest absolute Gasteiger partial charge is 0.268 e. The van der Waals surface area contributed by atoms with Crippen LogP contribution in [0.15, 0.2) is 42.5 Å². The largest absolute Gasteiger partial charge is 0.484 e. The molecule has 1 heterocycles. The second-order valence-corrected chi connectivity index (χ2v) is 6.07. The predicted molar refractivity (Wildman–Crippen MR) is 90.3 cm³/mol. The molecule has 2 amide bonds. The Hall–Kier alpha value is -3.09. The Kier molecular flexibility index (Phi) is 4.31. The lowest BCUT2D eigenvalue weighted by molar-refractivity contribution is -0.129. The molecule has 0 spiro atoms. The molecule has 0 saturated carbocycles. The average molecular weight is 344 g/mol. The molecule has 1 aliphatic rings. The van der Waals surface area contributed by atoms with Gasteiger partial charge in [0.25, 0.3) is 11.8 Å². The number of ether oxygens (including phenoxy) is 2. The number of carbonyl (C=O) groups excluding carboxylic acids is 2. The standard InChI is InChI=1S/C18H17FN2O4/c1-18(2)17(23)21-14-9-12(5-8-15(14)25-18)20-16(22)10-24-13-6-3-11(19)4-7-13/h3-9H,10H2,1-2H3,(H,20,22)(H,21,23). The molecule has 2 aromatic rings. The molecule has 1 aliphatic heterocycles. The van der Waals surface area contributed by atoms with Gasteiger partial charge in [0.05, 0.1) is 5.69 Å². The third kappa shape index (κ3) is 3.88. The van der Waals surface area contributed by atoms with Crippen molar-refractivity contribution >= 4 is 23.2 Å². The predicted octanol–water partition coefficient (Wildman–Crippen LogP) is 2.95. The van der Waals surface area contributed by atoms with Crippen molar-refractivity contribution < 1.29 is 23.5 Å². The molecule has 0 bridgehead atoms. The summed E-state index contributed by atoms with van der Waals surface area (Å²) in [6.07, 6.45) is 0. The lowest BCUT2D eigenvalue weighted by Crippen LogP contribution is -2.45. The fourth-order valence-corrected chi connectivity index (χ4v) is 2.27. The zero-order valence-corrected chi connectivity index (χ0v) is 13.8. The summed E-state index contributed by atoms with van der Waals surface area (Å²) in [7, 11) is 0. The molecule has 0 atom stereocenters. The van der Waals surface area contributed by atoms with E-state index < -0.39 is 5.60 Å². The number of amides is 2. The van der Waals surface area contributed by atoms with Crippen molar-refractivity contribution in [3.05, 3.63) is 48.3 Å². The van der Waals surface area contributed by atoms with Gasteiger partial charge in [-0.2, -0.15) is 0 Å². The Bertz CT molecular complexity index is 818. The van der Waals surface area contributed by atoms with Gasteiger partial charge in [0.1, 0.15) is 17.3 Å². The first-order chi connectivity index (χ1) is 11.8. The van der Waals surface area contributed by atoms with E-state index in [2.05, 4.69) is 10.6 Å². The zero-order valence-electron chi connectivity index (χ0n) is 13.8. The van der Waals surface area contributed by atoms with Crippen LogP contribution in [0.25, 0.3) is 0 Å². The van der Waals surface area contributed by atoms with E-state index in [9.17, 15) is 14.0 Å². The summed E-state index contributed by atoms with van der Waals surface area (Å²) in [5.41, 5.74) is 0.0393. The Labute approximate surface area is 143 Å². The molecule has 2 N–H and O–H groups in total. The van der Waals surface area contributed by atoms with Gasteiger partial charge in [-0.1, -0.05) is 0 Å². The highest BCUT2D eigenvalue weighted by atomic mass is 19.1. The number of carbonyl (C=O) groups is 2. The normalized spacial score (nSPS) is 14.8. The van der Waals surface area contributed by atoms with Crippen LogP contribution in [-0.2, 0) is 9.59 Å². The van der Waals surface area contributed by atoms with E-state index in [4.69, 9.17) is 9.47 Å². The Balaban J connectivity index is 1.61. The molecular weight excluding hydrogens is 327 g/mol. The number of rotatable bonds is 4. The molecule has 6 nitrogen and oxygen atoms in total. The average Bonchev–Trinajstić information content (AvgIpc) is 2.55. The summed E-state index contributed by atoms with van der Waals surface area (Å²) in [6.45, 7) is 3.13. The summed E-state index contributed by atoms with van der Waals surface area (Å²) in [5, 5.41) is 5.41. The summed E-state index contributed by atoms with van der Waals surface area (Å²) >= 11 is 0. The third-order valence-corrected chi connectivity index (χ3v) is 3.61. The Morgan fingerprint density at radius 2 is 1.96 bits per heavy atom. The number of hydrogen-bond donors (Lipinski definition) is 2. The quantitative estimate of drug-likeness (QED) is 0.894. The van der Waals surface area contributed by atoms with Crippen molar-refractivity contribution in [2.75, 3.05) is 17.2 Å². The van der Waals surface area contributed by atoms with E-state index in [1.54, 1.807) is 32.0 Å². The van der Waals surface area contributed by atoms with Gasteiger partial charge in [0, 0.05) is 5.69 Å². The number of anilines is 2. The Morgan fingerprint density at radius 1 is 1.24 bits per heavy atom. The first-order valence-electron chi connectivity index (χ1n) is 7.66. The van der Waals surface area contributed by atoms with Crippen molar-refractivity contribution in [1.82, 2.24) is 0 Å². The lowest BCUT2D eigenvalue weighted by atomic mass is 10.1. The monoisotopic (exact) mass is 344 g/mol. The van der Waals surface area contributed by atoms with Gasteiger partial charge >= 0.3 is 0 Å². The maximum absolute atomic E-state index is 12.8. The van der Waals surface area contributed by atoms with E-state index in [0.29, 0.717) is 22.9 Å². The minimum atomic E-state index is -0.944. The lowest BCUT2D eigenvalue weighted by Gasteiger charge is -2.31. The van der Waals surface area contributed by atoms with E-state index >= 15 is 0 Å². The molecule has 0 radical (unpaired) electrons. The van der Waals surface area contributed by atoms with Crippen LogP contribution in [0, 0.1) is 5.82 Å². The van der Waals surface area contributed by atoms with Gasteiger partial charge in [-0.25, -0.2) is 4.39 Å². The first-order valence-corrected chi connectivity index (χ1v) is 7.66. The van der Waals surface area contributed by atoms with Gasteiger partial charge < -0.3 is 20.1 Å². The number of benzene rings is 2. The molecule has 25 heavy (non-hydrogen) atoms. The van der Waals surface area contributed by atoms with Crippen molar-refractivity contribution in [2.45, 2.75) is 19.4 Å². The van der Waals surface area contributed by atoms with Gasteiger partial charge in [0.15, 0.2) is 12.2 Å². The molecule has 130 valence electrons. The number of nitrogens with one attached hydrogen (secondary N) is 2. The molecular formula is C18H17FN2O4. The molecule has 2 aromatic carbocycles. The van der Waals surface area contributed by atoms with Crippen LogP contribution < -0.4 is 20.1 Å². The van der Waals surface area contributed by atoms with Crippen LogP contribution in [0.2, 0.25) is 0 Å². The second-order valence-electron chi connectivity index (χ2n) is 6.07. The second kappa shape index (κ2) is 6.43. The first kappa shape index (κ1) is 16.8. The molecule has 3 rings (SSSR count). The number of halogens is 1. The van der Waals surface area contributed by atoms with Crippen LogP contribution >= 0.6 is 0 Å². The number of hydrogen-bond acceptors (Lipinski definition) is 4. The highest BCUT2D eigenvalue weighted by molar-refractivity contribution is 6.01. The zero-order chi connectivity index (χ0) is 18.0. The molecule has 0 aliphatic carbocycles. The van der Waals surface area contributed by atoms with Crippen molar-refractivity contribution in [1.29, 1.82) is 0 Å². The fraction of sp³-hybridized carbons (Fsp3) is 0.222. The highest BCUT2D eigenvalue weighted by Gasteiger charge is 2.35. The summed E-state index contributed by atoms with van der Waals surface area (Å²) in [4.78, 5) is 23.9. The van der Waals surface area contributed by atoms with Gasteiger partial charge in [0.2, 0.25) is 0 Å². The van der Waals surface area contributed by atoms with Crippen molar-refractivity contribution in [2.24, 2.45) is 0 Å². The topological polar surface area (TPSA) is 76.7 Å². The van der Waals surface area contributed by atoms with E-state index in [1.165, 1.54) is 24.3 Å². The van der Waals surface area contributed by atoms with Crippen LogP contribution in [0.4, 0.5) is 15.8 Å². The minimum absolute atomic E-state index is 0.224. The van der Waals surface area contributed by atoms with Gasteiger partial charge in [-0.05, 0) is 56.3 Å². The van der Waals surface area contributed by atoms with Gasteiger partial charge in [-0.3, -0.25) is 9.59 Å². The minimum Gasteiger partial charge on any atom is -0.484 e. The van der Waals surface area contributed by atoms with E-state index in [-0.39, 0.29) is 24.2 Å². The molecule has 0 fully saturated rings. The molecule has 0 unspecified atom stereocenters. The number of fused-ring (bicyclic) bond motifs is 1. The molecule has 0 aromatic heterocycles. The summed E-state index contributed by atoms with van der Waals surface area (Å²) in [5.74, 6) is -0.0934. The SMILES string of the molecule is CC1(C)Oc2ccc(NC(=O)COc3ccc(F)cc3)cc2NC1=O. The van der Waals surface area contributed by atoms with Crippen LogP contribution in [0.1, 0.15) is 13.8 Å². The van der Waals surface area contributed by atoms with Crippen LogP contribution in [0.3, 0.4) is 0 Å². The van der Waals surface area contributed by atoms with E-state index in [0.717, 1.165) is 0 Å². The van der Waals surface area contributed by atoms with E-state index in [1.807, 2.05) is 0 Å². The molecule has 7 heteroatoms. The fourth-order valence-electron chi connectivity index (χ4n) is 2.27. The third-order valence-electron chi connectivity index (χ3n) is 3.61. The van der Waals surface area contributed by atoms with Crippen molar-refractivity contribution in [3.8, 4) is 11.5 Å². The Morgan fingerprint density at radius 3 is 2.68 bits per heavy atom. The summed E-state index contributed by atoms with van der Waals surface area (Å²) in [6, 6.07) is 10.3. The van der Waals surface area contributed by atoms with Crippen LogP contribution in [0.5, 0.6) is 11.5 Å².